The molecule has 7 nitrogen and oxygen atoms in total. The van der Waals surface area contributed by atoms with Crippen LogP contribution in [0, 0.1) is 0 Å². The number of carbonyl (C=O) groups is 1. The van der Waals surface area contributed by atoms with E-state index in [4.69, 9.17) is 15.3 Å². The van der Waals surface area contributed by atoms with Crippen molar-refractivity contribution in [2.75, 3.05) is 18.5 Å². The molecular weight excluding hydrogens is 238 g/mol. The average molecular weight is 251 g/mol. The molecule has 1 aromatic heterocycles. The van der Waals surface area contributed by atoms with Gasteiger partial charge in [-0.05, 0) is 12.1 Å². The number of fused-ring (bicyclic) bond motifs is 1. The van der Waals surface area contributed by atoms with E-state index in [1.54, 1.807) is 30.1 Å². The van der Waals surface area contributed by atoms with Gasteiger partial charge in [0.15, 0.2) is 5.58 Å². The van der Waals surface area contributed by atoms with Crippen LogP contribution < -0.4 is 16.4 Å². The minimum absolute atomic E-state index is 0.162. The molecule has 0 spiro atoms. The molecule has 2 rings (SSSR count). The van der Waals surface area contributed by atoms with E-state index in [1.165, 1.54) is 0 Å². The minimum Gasteiger partial charge on any atom is -0.480 e. The van der Waals surface area contributed by atoms with Gasteiger partial charge in [-0.15, -0.1) is 0 Å². The summed E-state index contributed by atoms with van der Waals surface area (Å²) in [4.78, 5) is 25.9. The van der Waals surface area contributed by atoms with Crippen molar-refractivity contribution >= 4 is 22.8 Å². The summed E-state index contributed by atoms with van der Waals surface area (Å²) in [5.74, 6) is -1.58. The molecule has 0 bridgehead atoms. The molecule has 0 amide bonds. The number of benzene rings is 1. The maximum Gasteiger partial charge on any atom is 0.417 e. The third-order valence-corrected chi connectivity index (χ3v) is 2.63. The van der Waals surface area contributed by atoms with Crippen molar-refractivity contribution in [3.05, 3.63) is 28.7 Å². The maximum atomic E-state index is 11.0. The lowest BCUT2D eigenvalue weighted by atomic mass is 10.2. The van der Waals surface area contributed by atoms with Crippen molar-refractivity contribution < 1.29 is 14.3 Å². The Kier molecular flexibility index (Phi) is 3.07. The van der Waals surface area contributed by atoms with Crippen molar-refractivity contribution in [1.82, 2.24) is 4.98 Å². The number of nitrogens with two attached hydrogens (primary N) is 1. The van der Waals surface area contributed by atoms with Gasteiger partial charge in [-0.3, -0.25) is 9.78 Å². The summed E-state index contributed by atoms with van der Waals surface area (Å²) < 4.78 is 4.93. The number of carboxylic acids is 1. The highest BCUT2D eigenvalue weighted by Crippen LogP contribution is 2.19. The fourth-order valence-electron chi connectivity index (χ4n) is 1.65. The van der Waals surface area contributed by atoms with Crippen molar-refractivity contribution in [2.45, 2.75) is 6.04 Å². The summed E-state index contributed by atoms with van der Waals surface area (Å²) in [6, 6.07) is 4.13. The number of aromatic amines is 1. The van der Waals surface area contributed by atoms with Crippen LogP contribution >= 0.6 is 0 Å². The predicted octanol–water partition coefficient (Wildman–Crippen LogP) is -0.0308. The Morgan fingerprint density at radius 1 is 1.61 bits per heavy atom. The molecule has 18 heavy (non-hydrogen) atoms. The third kappa shape index (κ3) is 2.35. The summed E-state index contributed by atoms with van der Waals surface area (Å²) in [6.45, 7) is 0.162. The molecule has 1 aromatic carbocycles. The highest BCUT2D eigenvalue weighted by molar-refractivity contribution is 5.78. The number of rotatable bonds is 4. The number of anilines is 1. The van der Waals surface area contributed by atoms with Gasteiger partial charge >= 0.3 is 11.7 Å². The molecule has 1 heterocycles. The molecule has 1 atom stereocenters. The predicted molar refractivity (Wildman–Crippen MR) is 65.7 cm³/mol. The number of oxazole rings is 1. The number of nitrogens with zero attached hydrogens (tertiary/aromatic N) is 1. The molecule has 2 aromatic rings. The van der Waals surface area contributed by atoms with Crippen LogP contribution in [0.2, 0.25) is 0 Å². The van der Waals surface area contributed by atoms with Gasteiger partial charge in [0.2, 0.25) is 0 Å². The zero-order valence-electron chi connectivity index (χ0n) is 9.71. The van der Waals surface area contributed by atoms with Crippen LogP contribution in [-0.2, 0) is 4.79 Å². The Morgan fingerprint density at radius 3 is 3.00 bits per heavy atom. The van der Waals surface area contributed by atoms with Crippen LogP contribution in [-0.4, -0.2) is 35.7 Å². The Hall–Kier alpha value is -2.28. The molecule has 7 heteroatoms. The summed E-state index contributed by atoms with van der Waals surface area (Å²) >= 11 is 0. The molecule has 0 aliphatic rings. The van der Waals surface area contributed by atoms with Gasteiger partial charge in [-0.25, -0.2) is 4.79 Å². The normalized spacial score (nSPS) is 12.6. The van der Waals surface area contributed by atoms with Crippen LogP contribution in [0.5, 0.6) is 0 Å². The first-order valence-electron chi connectivity index (χ1n) is 5.30. The van der Waals surface area contributed by atoms with E-state index in [9.17, 15) is 9.59 Å². The fraction of sp³-hybridized carbons (Fsp3) is 0.273. The molecule has 0 radical (unpaired) electrons. The summed E-state index contributed by atoms with van der Waals surface area (Å²) in [6.07, 6.45) is 0. The van der Waals surface area contributed by atoms with Gasteiger partial charge in [0.05, 0.1) is 5.52 Å². The van der Waals surface area contributed by atoms with Crippen LogP contribution in [0.15, 0.2) is 27.4 Å². The summed E-state index contributed by atoms with van der Waals surface area (Å²) in [5, 5.41) is 8.74. The number of aromatic nitrogens is 1. The number of H-pyrrole nitrogens is 1. The molecule has 96 valence electrons. The fourth-order valence-corrected chi connectivity index (χ4v) is 1.65. The Balaban J connectivity index is 2.24. The number of likely N-dealkylation sites (N-methyl/N-ethyl adjacent to an activating group) is 1. The second kappa shape index (κ2) is 4.53. The molecule has 0 aliphatic heterocycles. The standard InChI is InChI=1S/C11H13N3O4/c1-14(5-7(12)10(15)16)6-2-3-8-9(4-6)18-11(17)13-8/h2-4,7H,5,12H2,1H3,(H,13,17)(H,15,16). The topological polar surface area (TPSA) is 113 Å². The van der Waals surface area contributed by atoms with Crippen LogP contribution in [0.1, 0.15) is 0 Å². The van der Waals surface area contributed by atoms with E-state index in [2.05, 4.69) is 4.98 Å². The van der Waals surface area contributed by atoms with Gasteiger partial charge in [0.25, 0.3) is 0 Å². The summed E-state index contributed by atoms with van der Waals surface area (Å²) in [5.41, 5.74) is 7.20. The smallest absolute Gasteiger partial charge is 0.417 e. The monoisotopic (exact) mass is 251 g/mol. The lowest BCUT2D eigenvalue weighted by Crippen LogP contribution is -2.41. The Morgan fingerprint density at radius 2 is 2.33 bits per heavy atom. The van der Waals surface area contributed by atoms with E-state index >= 15 is 0 Å². The van der Waals surface area contributed by atoms with Crippen molar-refractivity contribution in [2.24, 2.45) is 5.73 Å². The maximum absolute atomic E-state index is 11.0. The number of aliphatic carboxylic acids is 1. The first-order chi connectivity index (χ1) is 8.47. The highest BCUT2D eigenvalue weighted by atomic mass is 16.4. The van der Waals surface area contributed by atoms with Gasteiger partial charge in [0, 0.05) is 25.3 Å². The van der Waals surface area contributed by atoms with E-state index in [-0.39, 0.29) is 6.54 Å². The largest absolute Gasteiger partial charge is 0.480 e. The average Bonchev–Trinajstić information content (AvgIpc) is 2.67. The first kappa shape index (κ1) is 12.2. The van der Waals surface area contributed by atoms with Crippen LogP contribution in [0.25, 0.3) is 11.1 Å². The minimum atomic E-state index is -1.06. The Bertz CT molecular complexity index is 630. The van der Waals surface area contributed by atoms with E-state index in [0.29, 0.717) is 11.1 Å². The molecule has 0 aliphatic carbocycles. The molecule has 0 fully saturated rings. The molecule has 1 unspecified atom stereocenters. The zero-order chi connectivity index (χ0) is 13.3. The second-order valence-electron chi connectivity index (χ2n) is 4.02. The number of carboxylic acid groups (broad SMARTS) is 1. The van der Waals surface area contributed by atoms with Crippen LogP contribution in [0.3, 0.4) is 0 Å². The molecular formula is C11H13N3O4. The van der Waals surface area contributed by atoms with Gasteiger partial charge in [-0.1, -0.05) is 0 Å². The van der Waals surface area contributed by atoms with Crippen molar-refractivity contribution in [3.8, 4) is 0 Å². The van der Waals surface area contributed by atoms with E-state index in [0.717, 1.165) is 5.69 Å². The summed E-state index contributed by atoms with van der Waals surface area (Å²) in [7, 11) is 1.72. The first-order valence-corrected chi connectivity index (χ1v) is 5.30. The lowest BCUT2D eigenvalue weighted by Gasteiger charge is -2.21. The van der Waals surface area contributed by atoms with Crippen LogP contribution in [0.4, 0.5) is 5.69 Å². The quantitative estimate of drug-likeness (QED) is 0.703. The number of hydrogen-bond donors (Lipinski definition) is 3. The highest BCUT2D eigenvalue weighted by Gasteiger charge is 2.15. The van der Waals surface area contributed by atoms with Gasteiger partial charge < -0.3 is 20.2 Å². The third-order valence-electron chi connectivity index (χ3n) is 2.63. The van der Waals surface area contributed by atoms with Crippen molar-refractivity contribution in [3.63, 3.8) is 0 Å². The SMILES string of the molecule is CN(CC(N)C(=O)O)c1ccc2[nH]c(=O)oc2c1. The van der Waals surface area contributed by atoms with Gasteiger partial charge in [-0.2, -0.15) is 0 Å². The van der Waals surface area contributed by atoms with Crippen molar-refractivity contribution in [1.29, 1.82) is 0 Å². The molecule has 0 saturated carbocycles. The number of hydrogen-bond acceptors (Lipinski definition) is 5. The molecule has 0 saturated heterocycles. The lowest BCUT2D eigenvalue weighted by molar-refractivity contribution is -0.138. The zero-order valence-corrected chi connectivity index (χ0v) is 9.71. The van der Waals surface area contributed by atoms with Gasteiger partial charge in [0.1, 0.15) is 6.04 Å². The second-order valence-corrected chi connectivity index (χ2v) is 4.02. The Labute approximate surface area is 102 Å². The van der Waals surface area contributed by atoms with E-state index in [1.807, 2.05) is 0 Å². The number of nitrogens with one attached hydrogen (secondary N) is 1. The molecule has 4 N–H and O–H groups in total. The van der Waals surface area contributed by atoms with E-state index < -0.39 is 17.8 Å².